The van der Waals surface area contributed by atoms with Gasteiger partial charge in [0.2, 0.25) is 0 Å². The highest BCUT2D eigenvalue weighted by molar-refractivity contribution is 9.10. The van der Waals surface area contributed by atoms with Gasteiger partial charge in [-0.1, -0.05) is 36.2 Å². The smallest absolute Gasteiger partial charge is 0.114 e. The zero-order valence-electron chi connectivity index (χ0n) is 11.7. The molecule has 2 N–H and O–H groups in total. The van der Waals surface area contributed by atoms with Crippen LogP contribution in [-0.2, 0) is 6.54 Å². The second kappa shape index (κ2) is 6.53. The van der Waals surface area contributed by atoms with Crippen molar-refractivity contribution in [2.24, 2.45) is 5.73 Å². The molecule has 3 nitrogen and oxygen atoms in total. The number of rotatable bonds is 6. The lowest BCUT2D eigenvalue weighted by atomic mass is 10.0. The highest BCUT2D eigenvalue weighted by Gasteiger charge is 2.18. The van der Waals surface area contributed by atoms with E-state index in [0.717, 1.165) is 41.6 Å². The Hall–Kier alpha value is -0.870. The molecular weight excluding hydrogens is 302 g/mol. The van der Waals surface area contributed by atoms with Gasteiger partial charge in [0.25, 0.3) is 0 Å². The average molecular weight is 324 g/mol. The van der Waals surface area contributed by atoms with Gasteiger partial charge in [-0.3, -0.25) is 0 Å². The van der Waals surface area contributed by atoms with Gasteiger partial charge in [0.15, 0.2) is 0 Å². The number of fused-ring (bicyclic) bond motifs is 1. The predicted molar refractivity (Wildman–Crippen MR) is 84.4 cm³/mol. The van der Waals surface area contributed by atoms with Crippen molar-refractivity contribution in [1.29, 1.82) is 0 Å². The Kier molecular flexibility index (Phi) is 4.99. The molecule has 1 aromatic heterocycles. The predicted octanol–water partition coefficient (Wildman–Crippen LogP) is 4.05. The van der Waals surface area contributed by atoms with Crippen LogP contribution in [0.3, 0.4) is 0 Å². The van der Waals surface area contributed by atoms with Crippen molar-refractivity contribution in [2.45, 2.75) is 45.6 Å². The topological polar surface area (TPSA) is 43.8 Å². The summed E-state index contributed by atoms with van der Waals surface area (Å²) in [5, 5.41) is 0. The third-order valence-electron chi connectivity index (χ3n) is 3.47. The quantitative estimate of drug-likeness (QED) is 0.871. The number of halogens is 1. The molecule has 19 heavy (non-hydrogen) atoms. The van der Waals surface area contributed by atoms with Crippen LogP contribution < -0.4 is 5.73 Å². The molecule has 104 valence electrons. The number of aryl methyl sites for hydroxylation is 1. The van der Waals surface area contributed by atoms with Crippen LogP contribution in [0.4, 0.5) is 0 Å². The minimum atomic E-state index is 0.364. The summed E-state index contributed by atoms with van der Waals surface area (Å²) < 4.78 is 3.42. The normalized spacial score (nSPS) is 13.1. The third-order valence-corrected chi connectivity index (χ3v) is 3.97. The molecule has 2 rings (SSSR count). The van der Waals surface area contributed by atoms with E-state index in [0.29, 0.717) is 12.5 Å². The van der Waals surface area contributed by atoms with Crippen molar-refractivity contribution in [2.75, 3.05) is 6.54 Å². The Balaban J connectivity index is 2.54. The molecule has 0 amide bonds. The third kappa shape index (κ3) is 3.00. The van der Waals surface area contributed by atoms with Crippen molar-refractivity contribution in [3.05, 3.63) is 28.5 Å². The SMILES string of the molecule is CCCC(CN)c1nc2cc(Br)ccc2n1CCC. The lowest BCUT2D eigenvalue weighted by Gasteiger charge is -2.15. The van der Waals surface area contributed by atoms with Gasteiger partial charge in [-0.05, 0) is 31.0 Å². The van der Waals surface area contributed by atoms with E-state index in [1.54, 1.807) is 0 Å². The van der Waals surface area contributed by atoms with E-state index in [4.69, 9.17) is 10.7 Å². The monoisotopic (exact) mass is 323 g/mol. The number of hydrogen-bond donors (Lipinski definition) is 1. The van der Waals surface area contributed by atoms with Crippen molar-refractivity contribution >= 4 is 27.0 Å². The molecule has 0 spiro atoms. The molecule has 1 unspecified atom stereocenters. The van der Waals surface area contributed by atoms with Crippen LogP contribution in [-0.4, -0.2) is 16.1 Å². The van der Waals surface area contributed by atoms with Crippen LogP contribution in [0.15, 0.2) is 22.7 Å². The highest BCUT2D eigenvalue weighted by atomic mass is 79.9. The van der Waals surface area contributed by atoms with E-state index < -0.39 is 0 Å². The van der Waals surface area contributed by atoms with E-state index in [9.17, 15) is 0 Å². The summed E-state index contributed by atoms with van der Waals surface area (Å²) in [7, 11) is 0. The van der Waals surface area contributed by atoms with Crippen molar-refractivity contribution in [1.82, 2.24) is 9.55 Å². The average Bonchev–Trinajstić information content (AvgIpc) is 2.74. The van der Waals surface area contributed by atoms with Crippen molar-refractivity contribution < 1.29 is 0 Å². The summed E-state index contributed by atoms with van der Waals surface area (Å²) in [6, 6.07) is 6.31. The molecule has 0 aliphatic rings. The van der Waals surface area contributed by atoms with Crippen molar-refractivity contribution in [3.8, 4) is 0 Å². The Bertz CT molecular complexity index is 548. The molecule has 0 saturated heterocycles. The second-order valence-electron chi connectivity index (χ2n) is 4.98. The molecule has 1 aromatic carbocycles. The highest BCUT2D eigenvalue weighted by Crippen LogP contribution is 2.27. The van der Waals surface area contributed by atoms with E-state index in [1.165, 1.54) is 5.52 Å². The zero-order valence-corrected chi connectivity index (χ0v) is 13.3. The minimum absolute atomic E-state index is 0.364. The van der Waals surface area contributed by atoms with Gasteiger partial charge in [-0.25, -0.2) is 4.98 Å². The molecule has 1 heterocycles. The van der Waals surface area contributed by atoms with Gasteiger partial charge in [0, 0.05) is 23.5 Å². The van der Waals surface area contributed by atoms with Crippen molar-refractivity contribution in [3.63, 3.8) is 0 Å². The van der Waals surface area contributed by atoms with E-state index in [2.05, 4.69) is 52.5 Å². The standard InChI is InChI=1S/C15H22BrN3/c1-3-5-11(10-17)15-18-13-9-12(16)6-7-14(13)19(15)8-4-2/h6-7,9,11H,3-5,8,10,17H2,1-2H3. The van der Waals surface area contributed by atoms with Crippen LogP contribution in [0.1, 0.15) is 44.9 Å². The van der Waals surface area contributed by atoms with Gasteiger partial charge in [0.05, 0.1) is 11.0 Å². The van der Waals surface area contributed by atoms with Crippen LogP contribution in [0.25, 0.3) is 11.0 Å². The maximum atomic E-state index is 5.95. The molecule has 0 aliphatic heterocycles. The summed E-state index contributed by atoms with van der Waals surface area (Å²) in [6.07, 6.45) is 3.35. The second-order valence-corrected chi connectivity index (χ2v) is 5.89. The van der Waals surface area contributed by atoms with Crippen LogP contribution in [0.2, 0.25) is 0 Å². The number of nitrogens with two attached hydrogens (primary N) is 1. The minimum Gasteiger partial charge on any atom is -0.330 e. The molecule has 0 saturated carbocycles. The number of nitrogens with zero attached hydrogens (tertiary/aromatic N) is 2. The van der Waals surface area contributed by atoms with Crippen LogP contribution in [0, 0.1) is 0 Å². The van der Waals surface area contributed by atoms with Gasteiger partial charge < -0.3 is 10.3 Å². The maximum Gasteiger partial charge on any atom is 0.114 e. The molecule has 2 aromatic rings. The van der Waals surface area contributed by atoms with Crippen LogP contribution >= 0.6 is 15.9 Å². The van der Waals surface area contributed by atoms with Gasteiger partial charge in [-0.2, -0.15) is 0 Å². The molecule has 0 radical (unpaired) electrons. The lowest BCUT2D eigenvalue weighted by molar-refractivity contribution is 0.544. The van der Waals surface area contributed by atoms with E-state index in [1.807, 2.05) is 0 Å². The van der Waals surface area contributed by atoms with Crippen LogP contribution in [0.5, 0.6) is 0 Å². The summed E-state index contributed by atoms with van der Waals surface area (Å²) in [4.78, 5) is 4.83. The fourth-order valence-corrected chi connectivity index (χ4v) is 2.94. The fourth-order valence-electron chi connectivity index (χ4n) is 2.59. The maximum absolute atomic E-state index is 5.95. The summed E-state index contributed by atoms with van der Waals surface area (Å²) in [5.74, 6) is 1.52. The number of hydrogen-bond acceptors (Lipinski definition) is 2. The Morgan fingerprint density at radius 2 is 2.11 bits per heavy atom. The fraction of sp³-hybridized carbons (Fsp3) is 0.533. The Morgan fingerprint density at radius 1 is 1.32 bits per heavy atom. The Morgan fingerprint density at radius 3 is 2.74 bits per heavy atom. The summed E-state index contributed by atoms with van der Waals surface area (Å²) in [5.41, 5.74) is 8.22. The number of benzene rings is 1. The molecular formula is C15H22BrN3. The van der Waals surface area contributed by atoms with E-state index in [-0.39, 0.29) is 0 Å². The first-order valence-electron chi connectivity index (χ1n) is 7.07. The lowest BCUT2D eigenvalue weighted by Crippen LogP contribution is -2.17. The molecule has 0 fully saturated rings. The first-order valence-corrected chi connectivity index (χ1v) is 7.86. The summed E-state index contributed by atoms with van der Waals surface area (Å²) >= 11 is 3.52. The van der Waals surface area contributed by atoms with Gasteiger partial charge in [-0.15, -0.1) is 0 Å². The molecule has 0 bridgehead atoms. The largest absolute Gasteiger partial charge is 0.330 e. The zero-order chi connectivity index (χ0) is 13.8. The first kappa shape index (κ1) is 14.5. The number of aromatic nitrogens is 2. The van der Waals surface area contributed by atoms with E-state index >= 15 is 0 Å². The Labute approximate surface area is 123 Å². The molecule has 1 atom stereocenters. The molecule has 4 heteroatoms. The first-order chi connectivity index (χ1) is 9.21. The van der Waals surface area contributed by atoms with Gasteiger partial charge >= 0.3 is 0 Å². The number of imidazole rings is 1. The van der Waals surface area contributed by atoms with Gasteiger partial charge in [0.1, 0.15) is 5.82 Å². The molecule has 0 aliphatic carbocycles. The summed E-state index contributed by atoms with van der Waals surface area (Å²) in [6.45, 7) is 6.08.